The molecule has 1 atom stereocenters. The van der Waals surface area contributed by atoms with Crippen LogP contribution < -0.4 is 5.32 Å². The van der Waals surface area contributed by atoms with E-state index in [9.17, 15) is 4.79 Å². The molecule has 3 rings (SSSR count). The molecular weight excluding hydrogens is 294 g/mol. The van der Waals surface area contributed by atoms with Crippen molar-refractivity contribution in [2.75, 3.05) is 5.32 Å². The first-order chi connectivity index (χ1) is 10.8. The lowest BCUT2D eigenvalue weighted by atomic mass is 9.88. The summed E-state index contributed by atoms with van der Waals surface area (Å²) < 4.78 is 0. The minimum atomic E-state index is -0.169. The second-order valence-electron chi connectivity index (χ2n) is 5.49. The molecule has 0 heterocycles. The van der Waals surface area contributed by atoms with Gasteiger partial charge in [0.05, 0.1) is 10.6 Å². The van der Waals surface area contributed by atoms with Crippen LogP contribution in [-0.2, 0) is 0 Å². The second-order valence-corrected chi connectivity index (χ2v) is 5.89. The van der Waals surface area contributed by atoms with Gasteiger partial charge in [-0.05, 0) is 43.0 Å². The predicted octanol–water partition coefficient (Wildman–Crippen LogP) is 5.42. The molecule has 0 saturated carbocycles. The third-order valence-electron chi connectivity index (χ3n) is 3.98. The van der Waals surface area contributed by atoms with E-state index in [0.29, 0.717) is 16.5 Å². The normalized spacial score (nSPS) is 17.2. The third-order valence-corrected chi connectivity index (χ3v) is 4.31. The molecule has 0 spiro atoms. The van der Waals surface area contributed by atoms with Crippen LogP contribution >= 0.6 is 11.6 Å². The highest BCUT2D eigenvalue weighted by Gasteiger charge is 2.17. The number of nitrogens with one attached hydrogen (secondary N) is 1. The summed E-state index contributed by atoms with van der Waals surface area (Å²) in [4.78, 5) is 12.5. The number of hydrogen-bond acceptors (Lipinski definition) is 1. The molecule has 112 valence electrons. The maximum Gasteiger partial charge on any atom is 0.257 e. The van der Waals surface area contributed by atoms with E-state index < -0.39 is 0 Å². The highest BCUT2D eigenvalue weighted by Crippen LogP contribution is 2.32. The van der Waals surface area contributed by atoms with Gasteiger partial charge < -0.3 is 5.32 Å². The van der Waals surface area contributed by atoms with Crippen molar-refractivity contribution in [2.24, 2.45) is 0 Å². The van der Waals surface area contributed by atoms with Gasteiger partial charge in [0, 0.05) is 11.6 Å². The molecule has 22 heavy (non-hydrogen) atoms. The number of rotatable bonds is 3. The van der Waals surface area contributed by atoms with Crippen molar-refractivity contribution in [1.29, 1.82) is 0 Å². The highest BCUT2D eigenvalue weighted by atomic mass is 35.5. The van der Waals surface area contributed by atoms with Crippen LogP contribution in [0.15, 0.2) is 60.7 Å². The van der Waals surface area contributed by atoms with Crippen molar-refractivity contribution in [1.82, 2.24) is 0 Å². The van der Waals surface area contributed by atoms with Crippen molar-refractivity contribution in [3.05, 3.63) is 76.8 Å². The Morgan fingerprint density at radius 1 is 1.09 bits per heavy atom. The molecule has 0 aliphatic heterocycles. The lowest BCUT2D eigenvalue weighted by Crippen LogP contribution is -2.15. The van der Waals surface area contributed by atoms with Gasteiger partial charge in [0.2, 0.25) is 0 Å². The van der Waals surface area contributed by atoms with Crippen LogP contribution in [0.5, 0.6) is 0 Å². The van der Waals surface area contributed by atoms with Crippen molar-refractivity contribution in [2.45, 2.75) is 25.2 Å². The molecule has 1 amide bonds. The summed E-state index contributed by atoms with van der Waals surface area (Å²) in [6.07, 6.45) is 7.92. The van der Waals surface area contributed by atoms with E-state index in [1.807, 2.05) is 30.3 Å². The molecule has 0 fully saturated rings. The first kappa shape index (κ1) is 14.9. The van der Waals surface area contributed by atoms with Crippen molar-refractivity contribution >= 4 is 23.2 Å². The number of benzene rings is 2. The third kappa shape index (κ3) is 3.23. The number of hydrogen-bond donors (Lipinski definition) is 1. The summed E-state index contributed by atoms with van der Waals surface area (Å²) in [7, 11) is 0. The molecule has 0 aromatic heterocycles. The SMILES string of the molecule is O=C(Nc1ccccc1C1C=CCCC1)c1ccccc1Cl. The summed E-state index contributed by atoms with van der Waals surface area (Å²) in [5.74, 6) is 0.203. The number of carbonyl (C=O) groups is 1. The van der Waals surface area contributed by atoms with Gasteiger partial charge in [0.15, 0.2) is 0 Å². The molecule has 2 aromatic rings. The molecule has 1 unspecified atom stereocenters. The summed E-state index contributed by atoms with van der Waals surface area (Å²) in [5, 5.41) is 3.48. The fourth-order valence-electron chi connectivity index (χ4n) is 2.84. The zero-order valence-electron chi connectivity index (χ0n) is 12.3. The van der Waals surface area contributed by atoms with Crippen LogP contribution in [0.1, 0.15) is 41.1 Å². The molecule has 2 nitrogen and oxygen atoms in total. The van der Waals surface area contributed by atoms with Crippen LogP contribution in [0, 0.1) is 0 Å². The number of para-hydroxylation sites is 1. The maximum atomic E-state index is 12.5. The molecule has 3 heteroatoms. The standard InChI is InChI=1S/C19H18ClNO/c20-17-12-6-4-11-16(17)19(22)21-18-13-7-5-10-15(18)14-8-2-1-3-9-14/h2,4-8,10-14H,1,3,9H2,(H,21,22). The summed E-state index contributed by atoms with van der Waals surface area (Å²) in [6, 6.07) is 15.1. The van der Waals surface area contributed by atoms with Crippen LogP contribution in [0.2, 0.25) is 5.02 Å². The molecular formula is C19H18ClNO. The molecule has 1 aliphatic rings. The molecule has 1 aliphatic carbocycles. The number of amides is 1. The molecule has 1 N–H and O–H groups in total. The van der Waals surface area contributed by atoms with Crippen LogP contribution in [-0.4, -0.2) is 5.91 Å². The van der Waals surface area contributed by atoms with Gasteiger partial charge >= 0.3 is 0 Å². The van der Waals surface area contributed by atoms with E-state index in [4.69, 9.17) is 11.6 Å². The minimum absolute atomic E-state index is 0.169. The Morgan fingerprint density at radius 3 is 2.64 bits per heavy atom. The fourth-order valence-corrected chi connectivity index (χ4v) is 3.06. The Bertz CT molecular complexity index is 708. The summed E-state index contributed by atoms with van der Waals surface area (Å²) in [5.41, 5.74) is 2.53. The number of halogens is 1. The van der Waals surface area contributed by atoms with E-state index in [1.165, 1.54) is 12.0 Å². The number of anilines is 1. The smallest absolute Gasteiger partial charge is 0.257 e. The van der Waals surface area contributed by atoms with Crippen LogP contribution in [0.25, 0.3) is 0 Å². The quantitative estimate of drug-likeness (QED) is 0.754. The van der Waals surface area contributed by atoms with Gasteiger partial charge in [-0.25, -0.2) is 0 Å². The van der Waals surface area contributed by atoms with Crippen molar-refractivity contribution in [3.8, 4) is 0 Å². The molecule has 0 bridgehead atoms. The van der Waals surface area contributed by atoms with E-state index in [0.717, 1.165) is 18.5 Å². The Hall–Kier alpha value is -2.06. The number of carbonyl (C=O) groups excluding carboxylic acids is 1. The molecule has 2 aromatic carbocycles. The Morgan fingerprint density at radius 2 is 1.86 bits per heavy atom. The second kappa shape index (κ2) is 6.80. The fraction of sp³-hybridized carbons (Fsp3) is 0.211. The first-order valence-electron chi connectivity index (χ1n) is 7.57. The van der Waals surface area contributed by atoms with E-state index in [1.54, 1.807) is 12.1 Å². The lowest BCUT2D eigenvalue weighted by molar-refractivity contribution is 0.102. The Labute approximate surface area is 135 Å². The molecule has 0 radical (unpaired) electrons. The summed E-state index contributed by atoms with van der Waals surface area (Å²) >= 11 is 6.10. The van der Waals surface area contributed by atoms with Gasteiger partial charge in [-0.3, -0.25) is 4.79 Å². The highest BCUT2D eigenvalue weighted by molar-refractivity contribution is 6.34. The van der Waals surface area contributed by atoms with Gasteiger partial charge in [-0.15, -0.1) is 0 Å². The average molecular weight is 312 g/mol. The van der Waals surface area contributed by atoms with Crippen LogP contribution in [0.3, 0.4) is 0 Å². The zero-order valence-corrected chi connectivity index (χ0v) is 13.0. The lowest BCUT2D eigenvalue weighted by Gasteiger charge is -2.20. The topological polar surface area (TPSA) is 29.1 Å². The molecule has 0 saturated heterocycles. The van der Waals surface area contributed by atoms with Gasteiger partial charge in [0.1, 0.15) is 0 Å². The average Bonchev–Trinajstić information content (AvgIpc) is 2.56. The van der Waals surface area contributed by atoms with Gasteiger partial charge in [-0.2, -0.15) is 0 Å². The van der Waals surface area contributed by atoms with Crippen molar-refractivity contribution in [3.63, 3.8) is 0 Å². The minimum Gasteiger partial charge on any atom is -0.322 e. The van der Waals surface area contributed by atoms with E-state index in [-0.39, 0.29) is 5.91 Å². The first-order valence-corrected chi connectivity index (χ1v) is 7.95. The van der Waals surface area contributed by atoms with Crippen LogP contribution in [0.4, 0.5) is 5.69 Å². The van der Waals surface area contributed by atoms with E-state index >= 15 is 0 Å². The largest absolute Gasteiger partial charge is 0.322 e. The Balaban J connectivity index is 1.86. The van der Waals surface area contributed by atoms with Gasteiger partial charge in [0.25, 0.3) is 5.91 Å². The monoisotopic (exact) mass is 311 g/mol. The summed E-state index contributed by atoms with van der Waals surface area (Å²) in [6.45, 7) is 0. The number of allylic oxidation sites excluding steroid dienone is 2. The van der Waals surface area contributed by atoms with E-state index in [2.05, 4.69) is 23.5 Å². The Kier molecular flexibility index (Phi) is 4.59. The van der Waals surface area contributed by atoms with Crippen molar-refractivity contribution < 1.29 is 4.79 Å². The zero-order chi connectivity index (χ0) is 15.4. The maximum absolute atomic E-state index is 12.5. The predicted molar refractivity (Wildman–Crippen MR) is 91.6 cm³/mol. The van der Waals surface area contributed by atoms with Gasteiger partial charge in [-0.1, -0.05) is 54.1 Å².